The zero-order valence-electron chi connectivity index (χ0n) is 11.1. The van der Waals surface area contributed by atoms with E-state index in [0.29, 0.717) is 18.1 Å². The van der Waals surface area contributed by atoms with Gasteiger partial charge in [-0.05, 0) is 5.56 Å². The molecule has 0 saturated carbocycles. The van der Waals surface area contributed by atoms with E-state index in [2.05, 4.69) is 9.72 Å². The van der Waals surface area contributed by atoms with Crippen molar-refractivity contribution in [2.24, 2.45) is 0 Å². The summed E-state index contributed by atoms with van der Waals surface area (Å²) in [6, 6.07) is 11.5. The quantitative estimate of drug-likeness (QED) is 0.755. The highest BCUT2D eigenvalue weighted by molar-refractivity contribution is 5.71. The van der Waals surface area contributed by atoms with E-state index in [1.807, 2.05) is 30.3 Å². The highest BCUT2D eigenvalue weighted by Gasteiger charge is 2.08. The molecule has 0 N–H and O–H groups in total. The van der Waals surface area contributed by atoms with Crippen molar-refractivity contribution in [1.82, 2.24) is 4.98 Å². The third-order valence-electron chi connectivity index (χ3n) is 2.56. The van der Waals surface area contributed by atoms with Crippen LogP contribution in [0.5, 0.6) is 11.5 Å². The Balaban J connectivity index is 1.98. The number of carbonyl (C=O) groups excluding carboxylic acids is 1. The van der Waals surface area contributed by atoms with Crippen LogP contribution in [0.4, 0.5) is 0 Å². The van der Waals surface area contributed by atoms with Gasteiger partial charge in [-0.15, -0.1) is 0 Å². The van der Waals surface area contributed by atoms with Gasteiger partial charge in [0.25, 0.3) is 0 Å². The van der Waals surface area contributed by atoms with Gasteiger partial charge in [0.1, 0.15) is 6.61 Å². The number of ether oxygens (including phenoxy) is 3. The van der Waals surface area contributed by atoms with Gasteiger partial charge < -0.3 is 14.2 Å². The fourth-order valence-corrected chi connectivity index (χ4v) is 1.53. The van der Waals surface area contributed by atoms with Crippen LogP contribution in [0, 0.1) is 0 Å². The topological polar surface area (TPSA) is 57.7 Å². The SMILES string of the molecule is COC(=O)COc1cnccc1OCc1ccccc1. The van der Waals surface area contributed by atoms with Gasteiger partial charge in [-0.2, -0.15) is 0 Å². The van der Waals surface area contributed by atoms with Crippen LogP contribution in [-0.2, 0) is 16.1 Å². The van der Waals surface area contributed by atoms with E-state index in [1.165, 1.54) is 13.3 Å². The van der Waals surface area contributed by atoms with Crippen LogP contribution in [0.3, 0.4) is 0 Å². The van der Waals surface area contributed by atoms with Gasteiger partial charge in [0.15, 0.2) is 18.1 Å². The van der Waals surface area contributed by atoms with E-state index in [-0.39, 0.29) is 6.61 Å². The third kappa shape index (κ3) is 3.98. The van der Waals surface area contributed by atoms with Gasteiger partial charge in [-0.1, -0.05) is 30.3 Å². The summed E-state index contributed by atoms with van der Waals surface area (Å²) < 4.78 is 15.5. The number of esters is 1. The minimum absolute atomic E-state index is 0.177. The first-order valence-corrected chi connectivity index (χ1v) is 6.10. The second-order valence-corrected chi connectivity index (χ2v) is 3.96. The summed E-state index contributed by atoms with van der Waals surface area (Å²) in [7, 11) is 1.31. The second kappa shape index (κ2) is 7.13. The first-order chi connectivity index (χ1) is 9.79. The Kier molecular flexibility index (Phi) is 4.94. The number of hydrogen-bond donors (Lipinski definition) is 0. The number of rotatable bonds is 6. The van der Waals surface area contributed by atoms with Crippen molar-refractivity contribution in [3.63, 3.8) is 0 Å². The summed E-state index contributed by atoms with van der Waals surface area (Å²) in [5, 5.41) is 0. The summed E-state index contributed by atoms with van der Waals surface area (Å²) in [4.78, 5) is 15.0. The lowest BCUT2D eigenvalue weighted by Crippen LogP contribution is -2.13. The van der Waals surface area contributed by atoms with Crippen molar-refractivity contribution in [2.45, 2.75) is 6.61 Å². The Morgan fingerprint density at radius 3 is 2.65 bits per heavy atom. The average molecular weight is 273 g/mol. The molecule has 0 aliphatic heterocycles. The predicted molar refractivity (Wildman–Crippen MR) is 72.5 cm³/mol. The number of aromatic nitrogens is 1. The lowest BCUT2D eigenvalue weighted by atomic mass is 10.2. The molecule has 5 nitrogen and oxygen atoms in total. The third-order valence-corrected chi connectivity index (χ3v) is 2.56. The second-order valence-electron chi connectivity index (χ2n) is 3.96. The van der Waals surface area contributed by atoms with Crippen LogP contribution in [-0.4, -0.2) is 24.7 Å². The maximum Gasteiger partial charge on any atom is 0.343 e. The Morgan fingerprint density at radius 1 is 1.10 bits per heavy atom. The monoisotopic (exact) mass is 273 g/mol. The largest absolute Gasteiger partial charge is 0.485 e. The predicted octanol–water partition coefficient (Wildman–Crippen LogP) is 2.21. The molecule has 0 radical (unpaired) electrons. The summed E-state index contributed by atoms with van der Waals surface area (Å²) in [6.45, 7) is 0.239. The van der Waals surface area contributed by atoms with Crippen LogP contribution in [0.1, 0.15) is 5.56 Å². The molecule has 0 aliphatic carbocycles. The van der Waals surface area contributed by atoms with E-state index in [1.54, 1.807) is 12.3 Å². The van der Waals surface area contributed by atoms with E-state index in [0.717, 1.165) is 5.56 Å². The standard InChI is InChI=1S/C15H15NO4/c1-18-15(17)11-20-14-9-16-8-7-13(14)19-10-12-5-3-2-4-6-12/h2-9H,10-11H2,1H3. The molecule has 0 amide bonds. The van der Waals surface area contributed by atoms with Gasteiger partial charge in [0.2, 0.25) is 0 Å². The van der Waals surface area contributed by atoms with Crippen molar-refractivity contribution >= 4 is 5.97 Å². The minimum atomic E-state index is -0.456. The normalized spacial score (nSPS) is 9.85. The number of carbonyl (C=O) groups is 1. The number of methoxy groups -OCH3 is 1. The number of nitrogens with zero attached hydrogens (tertiary/aromatic N) is 1. The molecule has 1 aromatic carbocycles. The summed E-state index contributed by atoms with van der Waals surface area (Å²) in [5.41, 5.74) is 1.04. The van der Waals surface area contributed by atoms with Gasteiger partial charge in [-0.3, -0.25) is 4.98 Å². The molecular formula is C15H15NO4. The Hall–Kier alpha value is -2.56. The molecule has 2 rings (SSSR count). The molecule has 0 spiro atoms. The van der Waals surface area contributed by atoms with Crippen LogP contribution in [0.15, 0.2) is 48.8 Å². The van der Waals surface area contributed by atoms with Crippen LogP contribution < -0.4 is 9.47 Å². The molecule has 20 heavy (non-hydrogen) atoms. The van der Waals surface area contributed by atoms with Crippen molar-refractivity contribution in [1.29, 1.82) is 0 Å². The maximum absolute atomic E-state index is 11.1. The van der Waals surface area contributed by atoms with Crippen LogP contribution in [0.25, 0.3) is 0 Å². The molecule has 0 aliphatic rings. The molecule has 0 fully saturated rings. The summed E-state index contributed by atoms with van der Waals surface area (Å²) >= 11 is 0. The number of benzene rings is 1. The smallest absolute Gasteiger partial charge is 0.343 e. The first-order valence-electron chi connectivity index (χ1n) is 6.10. The highest BCUT2D eigenvalue weighted by Crippen LogP contribution is 2.26. The minimum Gasteiger partial charge on any atom is -0.485 e. The van der Waals surface area contributed by atoms with Gasteiger partial charge >= 0.3 is 5.97 Å². The molecular weight excluding hydrogens is 258 g/mol. The molecule has 104 valence electrons. The van der Waals surface area contributed by atoms with Crippen molar-refractivity contribution in [3.8, 4) is 11.5 Å². The maximum atomic E-state index is 11.1. The molecule has 0 saturated heterocycles. The molecule has 1 aromatic heterocycles. The van der Waals surface area contributed by atoms with E-state index < -0.39 is 5.97 Å². The van der Waals surface area contributed by atoms with Crippen molar-refractivity contribution in [3.05, 3.63) is 54.4 Å². The Morgan fingerprint density at radius 2 is 1.90 bits per heavy atom. The molecule has 1 heterocycles. The lowest BCUT2D eigenvalue weighted by Gasteiger charge is -2.11. The van der Waals surface area contributed by atoms with E-state index >= 15 is 0 Å². The molecule has 0 unspecified atom stereocenters. The Labute approximate surface area is 117 Å². The van der Waals surface area contributed by atoms with Crippen LogP contribution in [0.2, 0.25) is 0 Å². The van der Waals surface area contributed by atoms with Gasteiger partial charge in [0, 0.05) is 12.3 Å². The summed E-state index contributed by atoms with van der Waals surface area (Å²) in [6.07, 6.45) is 3.11. The van der Waals surface area contributed by atoms with E-state index in [4.69, 9.17) is 9.47 Å². The fraction of sp³-hybridized carbons (Fsp3) is 0.200. The summed E-state index contributed by atoms with van der Waals surface area (Å²) in [5.74, 6) is 0.490. The van der Waals surface area contributed by atoms with Gasteiger partial charge in [0.05, 0.1) is 13.3 Å². The molecule has 2 aromatic rings. The molecule has 0 atom stereocenters. The number of pyridine rings is 1. The van der Waals surface area contributed by atoms with Crippen molar-refractivity contribution < 1.29 is 19.0 Å². The molecule has 5 heteroatoms. The Bertz CT molecular complexity index is 557. The fourth-order valence-electron chi connectivity index (χ4n) is 1.53. The zero-order chi connectivity index (χ0) is 14.2. The molecule has 0 bridgehead atoms. The zero-order valence-corrected chi connectivity index (χ0v) is 11.1. The highest BCUT2D eigenvalue weighted by atomic mass is 16.6. The number of hydrogen-bond acceptors (Lipinski definition) is 5. The van der Waals surface area contributed by atoms with E-state index in [9.17, 15) is 4.79 Å². The lowest BCUT2D eigenvalue weighted by molar-refractivity contribution is -0.142. The van der Waals surface area contributed by atoms with Crippen molar-refractivity contribution in [2.75, 3.05) is 13.7 Å². The van der Waals surface area contributed by atoms with Crippen LogP contribution >= 0.6 is 0 Å². The van der Waals surface area contributed by atoms with Gasteiger partial charge in [-0.25, -0.2) is 4.79 Å². The average Bonchev–Trinajstić information content (AvgIpc) is 2.52. The first kappa shape index (κ1) is 13.9.